The van der Waals surface area contributed by atoms with Crippen molar-refractivity contribution in [3.05, 3.63) is 138 Å². The molecule has 8 rings (SSSR count). The molecular formula is C40H36N4S. The highest BCUT2D eigenvalue weighted by Gasteiger charge is 2.26. The molecule has 0 fully saturated rings. The van der Waals surface area contributed by atoms with Crippen LogP contribution in [0.2, 0.25) is 0 Å². The molecule has 3 heterocycles. The molecule has 1 unspecified atom stereocenters. The lowest BCUT2D eigenvalue weighted by atomic mass is 9.98. The number of aliphatic imine (C=N–C) groups is 2. The van der Waals surface area contributed by atoms with Gasteiger partial charge in [-0.25, -0.2) is 9.98 Å². The number of rotatable bonds is 4. The van der Waals surface area contributed by atoms with E-state index in [0.717, 1.165) is 34.9 Å². The zero-order valence-electron chi connectivity index (χ0n) is 26.1. The van der Waals surface area contributed by atoms with Crippen molar-refractivity contribution in [1.29, 1.82) is 0 Å². The average Bonchev–Trinajstić information content (AvgIpc) is 3.66. The fourth-order valence-corrected chi connectivity index (χ4v) is 7.54. The van der Waals surface area contributed by atoms with Gasteiger partial charge < -0.3 is 5.32 Å². The van der Waals surface area contributed by atoms with Gasteiger partial charge in [0, 0.05) is 36.5 Å². The average molecular weight is 605 g/mol. The first-order chi connectivity index (χ1) is 22.2. The molecule has 1 aliphatic rings. The Morgan fingerprint density at radius 1 is 0.756 bits per heavy atom. The van der Waals surface area contributed by atoms with Gasteiger partial charge in [-0.1, -0.05) is 124 Å². The summed E-state index contributed by atoms with van der Waals surface area (Å²) in [5.74, 6) is 1.59. The number of amidine groups is 1. The van der Waals surface area contributed by atoms with Gasteiger partial charge in [-0.05, 0) is 48.2 Å². The van der Waals surface area contributed by atoms with Crippen LogP contribution >= 0.6 is 11.3 Å². The minimum Gasteiger partial charge on any atom is -0.310 e. The summed E-state index contributed by atoms with van der Waals surface area (Å²) in [7, 11) is 0. The van der Waals surface area contributed by atoms with Crippen LogP contribution in [-0.2, 0) is 6.42 Å². The Hall–Kier alpha value is -5.00. The number of benzene rings is 5. The van der Waals surface area contributed by atoms with Gasteiger partial charge in [-0.15, -0.1) is 11.3 Å². The second kappa shape index (κ2) is 12.2. The molecule has 1 aliphatic heterocycles. The summed E-state index contributed by atoms with van der Waals surface area (Å²) < 4.78 is 4.91. The fourth-order valence-electron chi connectivity index (χ4n) is 6.43. The number of fused-ring (bicyclic) bond motifs is 7. The minimum atomic E-state index is -0.372. The highest BCUT2D eigenvalue weighted by Crippen LogP contribution is 2.43. The Labute approximate surface area is 268 Å². The topological polar surface area (TPSA) is 41.7 Å². The molecule has 0 radical (unpaired) electrons. The molecule has 2 aromatic heterocycles. The standard InChI is InChI=1S/C38H30N4S.C2H6/c1-3-13-27-24(4-2)20-22-30-33(27)29-21-23-32-34(28-18-11-12-19-31(28)43-32)35(29)42(30)38-40-36(25-14-7-5-8-15-25)39-37(41-38)26-16-9-6-10-17-26;1-2/h3,5-23,36H,4H2,1-2H3,(H,39,40,41);1-2H3/b13-3-;. The van der Waals surface area contributed by atoms with Crippen molar-refractivity contribution < 1.29 is 0 Å². The number of hydrogen-bond acceptors (Lipinski definition) is 4. The van der Waals surface area contributed by atoms with Crippen LogP contribution in [0, 0.1) is 0 Å². The van der Waals surface area contributed by atoms with Crippen molar-refractivity contribution >= 4 is 71.2 Å². The van der Waals surface area contributed by atoms with Gasteiger partial charge in [0.2, 0.25) is 5.96 Å². The van der Waals surface area contributed by atoms with Crippen molar-refractivity contribution in [2.24, 2.45) is 9.98 Å². The maximum absolute atomic E-state index is 5.33. The van der Waals surface area contributed by atoms with E-state index in [1.165, 1.54) is 47.6 Å². The summed E-state index contributed by atoms with van der Waals surface area (Å²) >= 11 is 1.85. The fraction of sp³-hybridized carbons (Fsp3) is 0.150. The molecule has 0 saturated heterocycles. The Bertz CT molecular complexity index is 2250. The zero-order chi connectivity index (χ0) is 30.9. The Morgan fingerprint density at radius 2 is 1.49 bits per heavy atom. The molecule has 5 heteroatoms. The molecule has 7 aromatic rings. The van der Waals surface area contributed by atoms with E-state index in [1.54, 1.807) is 0 Å². The highest BCUT2D eigenvalue weighted by atomic mass is 32.1. The third-order valence-corrected chi connectivity index (χ3v) is 9.50. The van der Waals surface area contributed by atoms with E-state index >= 15 is 0 Å². The summed E-state index contributed by atoms with van der Waals surface area (Å²) in [5, 5.41) is 8.72. The third kappa shape index (κ3) is 4.84. The molecule has 5 aromatic carbocycles. The van der Waals surface area contributed by atoms with Crippen LogP contribution in [0.5, 0.6) is 0 Å². The predicted molar refractivity (Wildman–Crippen MR) is 196 cm³/mol. The second-order valence-electron chi connectivity index (χ2n) is 10.9. The monoisotopic (exact) mass is 604 g/mol. The maximum atomic E-state index is 5.33. The molecule has 0 saturated carbocycles. The lowest BCUT2D eigenvalue weighted by Crippen LogP contribution is -2.39. The van der Waals surface area contributed by atoms with Gasteiger partial charge in [-0.3, -0.25) is 4.57 Å². The molecule has 0 aliphatic carbocycles. The van der Waals surface area contributed by atoms with Gasteiger partial charge in [0.15, 0.2) is 6.17 Å². The molecule has 0 spiro atoms. The molecule has 0 amide bonds. The highest BCUT2D eigenvalue weighted by molar-refractivity contribution is 7.26. The molecule has 1 N–H and O–H groups in total. The van der Waals surface area contributed by atoms with Crippen LogP contribution in [0.15, 0.2) is 125 Å². The van der Waals surface area contributed by atoms with Crippen molar-refractivity contribution in [3.63, 3.8) is 0 Å². The first-order valence-corrected chi connectivity index (χ1v) is 16.6. The molecule has 1 atom stereocenters. The Kier molecular flexibility index (Phi) is 7.78. The van der Waals surface area contributed by atoms with Crippen LogP contribution in [0.3, 0.4) is 0 Å². The predicted octanol–water partition coefficient (Wildman–Crippen LogP) is 10.7. The van der Waals surface area contributed by atoms with E-state index in [1.807, 2.05) is 37.3 Å². The van der Waals surface area contributed by atoms with Crippen molar-refractivity contribution in [2.75, 3.05) is 0 Å². The van der Waals surface area contributed by atoms with Crippen LogP contribution in [0.25, 0.3) is 48.1 Å². The van der Waals surface area contributed by atoms with E-state index in [4.69, 9.17) is 9.98 Å². The molecule has 45 heavy (non-hydrogen) atoms. The van der Waals surface area contributed by atoms with Crippen molar-refractivity contribution in [1.82, 2.24) is 9.88 Å². The lowest BCUT2D eigenvalue weighted by Gasteiger charge is -2.23. The van der Waals surface area contributed by atoms with Gasteiger partial charge >= 0.3 is 0 Å². The summed E-state index contributed by atoms with van der Waals surface area (Å²) in [6.45, 7) is 8.33. The zero-order valence-corrected chi connectivity index (χ0v) is 26.9. The van der Waals surface area contributed by atoms with Gasteiger partial charge in [0.25, 0.3) is 0 Å². The van der Waals surface area contributed by atoms with Gasteiger partial charge in [0.1, 0.15) is 5.84 Å². The third-order valence-electron chi connectivity index (χ3n) is 8.36. The van der Waals surface area contributed by atoms with Crippen LogP contribution in [0.1, 0.15) is 56.1 Å². The van der Waals surface area contributed by atoms with Crippen LogP contribution < -0.4 is 5.32 Å². The number of thiophene rings is 1. The van der Waals surface area contributed by atoms with Crippen LogP contribution in [-0.4, -0.2) is 16.4 Å². The molecule has 222 valence electrons. The minimum absolute atomic E-state index is 0.372. The number of hydrogen-bond donors (Lipinski definition) is 1. The van der Waals surface area contributed by atoms with Gasteiger partial charge in [0.05, 0.1) is 11.0 Å². The van der Waals surface area contributed by atoms with E-state index in [9.17, 15) is 0 Å². The number of nitrogens with one attached hydrogen (secondary N) is 1. The van der Waals surface area contributed by atoms with Crippen molar-refractivity contribution in [3.8, 4) is 0 Å². The quantitative estimate of drug-likeness (QED) is 0.213. The van der Waals surface area contributed by atoms with E-state index in [0.29, 0.717) is 0 Å². The molecule has 4 nitrogen and oxygen atoms in total. The maximum Gasteiger partial charge on any atom is 0.211 e. The lowest BCUT2D eigenvalue weighted by molar-refractivity contribution is 0.745. The largest absolute Gasteiger partial charge is 0.310 e. The molecule has 0 bridgehead atoms. The van der Waals surface area contributed by atoms with E-state index in [-0.39, 0.29) is 6.17 Å². The first kappa shape index (κ1) is 28.8. The second-order valence-corrected chi connectivity index (χ2v) is 11.9. The van der Waals surface area contributed by atoms with E-state index < -0.39 is 0 Å². The number of aromatic nitrogens is 1. The molecular weight excluding hydrogens is 569 g/mol. The number of nitrogens with zero attached hydrogens (tertiary/aromatic N) is 3. The summed E-state index contributed by atoms with van der Waals surface area (Å²) in [5.41, 5.74) is 7.02. The van der Waals surface area contributed by atoms with E-state index in [2.05, 4.69) is 133 Å². The van der Waals surface area contributed by atoms with Crippen molar-refractivity contribution in [2.45, 2.75) is 40.3 Å². The number of allylic oxidation sites excluding steroid dienone is 1. The number of aryl methyl sites for hydroxylation is 1. The van der Waals surface area contributed by atoms with Crippen LogP contribution in [0.4, 0.5) is 0 Å². The SMILES string of the molecule is C/C=C\c1c(CC)ccc2c1c1ccc3sc4ccccc4c3c1n2C1=NC(c2ccccc2)N=C(c2ccccc2)N1.CC. The summed E-state index contributed by atoms with van der Waals surface area (Å²) in [6.07, 6.45) is 5.01. The normalized spacial score (nSPS) is 14.9. The summed E-state index contributed by atoms with van der Waals surface area (Å²) in [4.78, 5) is 10.4. The summed E-state index contributed by atoms with van der Waals surface area (Å²) in [6, 6.07) is 38.6. The first-order valence-electron chi connectivity index (χ1n) is 15.8. The van der Waals surface area contributed by atoms with Gasteiger partial charge in [-0.2, -0.15) is 0 Å². The smallest absolute Gasteiger partial charge is 0.211 e. The Morgan fingerprint density at radius 3 is 2.24 bits per heavy atom. The Balaban J connectivity index is 0.00000160.